The Hall–Kier alpha value is -1.33. The Kier molecular flexibility index (Phi) is 58.3. The van der Waals surface area contributed by atoms with Gasteiger partial charge in [-0.15, -0.1) is 0 Å². The van der Waals surface area contributed by atoms with Crippen LogP contribution in [-0.4, -0.2) is 87.5 Å². The average Bonchev–Trinajstić information content (AvgIpc) is 3.46. The second kappa shape index (κ2) is 60.8. The van der Waals surface area contributed by atoms with Crippen molar-refractivity contribution in [1.82, 2.24) is 5.32 Å². The van der Waals surface area contributed by atoms with Gasteiger partial charge in [0.2, 0.25) is 5.91 Å². The van der Waals surface area contributed by atoms with E-state index < -0.39 is 49.5 Å². The van der Waals surface area contributed by atoms with Gasteiger partial charge < -0.3 is 40.3 Å². The van der Waals surface area contributed by atoms with Crippen molar-refractivity contribution < 1.29 is 39.8 Å². The molecule has 474 valence electrons. The van der Waals surface area contributed by atoms with Crippen molar-refractivity contribution in [2.45, 2.75) is 410 Å². The smallest absolute Gasteiger partial charge is 0.220 e. The van der Waals surface area contributed by atoms with Gasteiger partial charge in [-0.05, 0) is 44.9 Å². The highest BCUT2D eigenvalue weighted by Gasteiger charge is 2.44. The molecular formula is C71H137NO8. The minimum Gasteiger partial charge on any atom is -0.394 e. The maximum atomic E-state index is 13.1. The number of ether oxygens (including phenoxy) is 2. The van der Waals surface area contributed by atoms with Gasteiger partial charge in [0.1, 0.15) is 24.4 Å². The summed E-state index contributed by atoms with van der Waals surface area (Å²) >= 11 is 0. The van der Waals surface area contributed by atoms with Crippen LogP contribution in [0.5, 0.6) is 0 Å². The Morgan fingerprint density at radius 3 is 1.01 bits per heavy atom. The molecular weight excluding hydrogens is 995 g/mol. The fourth-order valence-electron chi connectivity index (χ4n) is 11.7. The Morgan fingerprint density at radius 2 is 0.700 bits per heavy atom. The second-order valence-corrected chi connectivity index (χ2v) is 25.0. The highest BCUT2D eigenvalue weighted by Crippen LogP contribution is 2.24. The zero-order valence-electron chi connectivity index (χ0n) is 53.1. The lowest BCUT2D eigenvalue weighted by Crippen LogP contribution is -2.60. The maximum absolute atomic E-state index is 13.1. The molecule has 80 heavy (non-hydrogen) atoms. The van der Waals surface area contributed by atoms with Crippen LogP contribution in [0.2, 0.25) is 0 Å². The van der Waals surface area contributed by atoms with Crippen LogP contribution < -0.4 is 5.32 Å². The van der Waals surface area contributed by atoms with Crippen molar-refractivity contribution in [2.24, 2.45) is 0 Å². The minimum absolute atomic E-state index is 0.170. The number of amides is 1. The van der Waals surface area contributed by atoms with Gasteiger partial charge in [-0.3, -0.25) is 4.79 Å². The number of allylic oxidation sites excluding steroid dienone is 3. The summed E-state index contributed by atoms with van der Waals surface area (Å²) in [6, 6.07) is -0.803. The van der Waals surface area contributed by atoms with Gasteiger partial charge in [-0.25, -0.2) is 0 Å². The van der Waals surface area contributed by atoms with Gasteiger partial charge in [0.05, 0.1) is 25.4 Å². The number of unbranched alkanes of at least 4 members (excludes halogenated alkanes) is 51. The fourth-order valence-corrected chi connectivity index (χ4v) is 11.7. The SMILES string of the molecule is CCCCCCCCCCCCCCCCCC/C=C/C(O)C(COC1OC(CO)C(O)C(O)C1O)NC(=O)CCCCCCCCCCCCCCCCCCC/C=C\CCCCCCCCCCCCCCCCCCCC. The first-order valence-electron chi connectivity index (χ1n) is 35.6. The number of rotatable bonds is 63. The molecule has 1 fully saturated rings. The lowest BCUT2D eigenvalue weighted by molar-refractivity contribution is -0.302. The molecule has 1 amide bonds. The first-order valence-corrected chi connectivity index (χ1v) is 35.6. The predicted molar refractivity (Wildman–Crippen MR) is 341 cm³/mol. The van der Waals surface area contributed by atoms with E-state index in [-0.39, 0.29) is 12.5 Å². The molecule has 9 heteroatoms. The summed E-state index contributed by atoms with van der Waals surface area (Å²) in [5.74, 6) is -0.170. The molecule has 7 atom stereocenters. The molecule has 0 spiro atoms. The third kappa shape index (κ3) is 49.0. The maximum Gasteiger partial charge on any atom is 0.220 e. The zero-order valence-corrected chi connectivity index (χ0v) is 53.1. The number of aliphatic hydroxyl groups excluding tert-OH is 5. The highest BCUT2D eigenvalue weighted by atomic mass is 16.7. The predicted octanol–water partition coefficient (Wildman–Crippen LogP) is 19.3. The van der Waals surface area contributed by atoms with Crippen molar-refractivity contribution in [3.8, 4) is 0 Å². The first-order chi connectivity index (χ1) is 39.3. The molecule has 0 radical (unpaired) electrons. The van der Waals surface area contributed by atoms with E-state index in [9.17, 15) is 30.3 Å². The van der Waals surface area contributed by atoms with Gasteiger partial charge in [0, 0.05) is 6.42 Å². The number of nitrogens with one attached hydrogen (secondary N) is 1. The van der Waals surface area contributed by atoms with E-state index >= 15 is 0 Å². The molecule has 0 saturated carbocycles. The third-order valence-electron chi connectivity index (χ3n) is 17.3. The summed E-state index contributed by atoms with van der Waals surface area (Å²) in [6.07, 6.45) is 73.1. The van der Waals surface area contributed by atoms with Gasteiger partial charge in [-0.2, -0.15) is 0 Å². The van der Waals surface area contributed by atoms with Crippen LogP contribution in [-0.2, 0) is 14.3 Å². The lowest BCUT2D eigenvalue weighted by atomic mass is 9.99. The molecule has 0 aromatic carbocycles. The molecule has 1 heterocycles. The molecule has 1 aliphatic rings. The van der Waals surface area contributed by atoms with Crippen LogP contribution in [0, 0.1) is 0 Å². The Morgan fingerprint density at radius 1 is 0.412 bits per heavy atom. The summed E-state index contributed by atoms with van der Waals surface area (Å²) in [5, 5.41) is 54.7. The second-order valence-electron chi connectivity index (χ2n) is 25.0. The van der Waals surface area contributed by atoms with E-state index in [0.29, 0.717) is 6.42 Å². The van der Waals surface area contributed by atoms with Crippen molar-refractivity contribution in [2.75, 3.05) is 13.2 Å². The Labute approximate surface area is 496 Å². The first kappa shape index (κ1) is 76.7. The van der Waals surface area contributed by atoms with Crippen molar-refractivity contribution in [3.63, 3.8) is 0 Å². The Bertz CT molecular complexity index is 1310. The van der Waals surface area contributed by atoms with Crippen LogP contribution in [0.25, 0.3) is 0 Å². The van der Waals surface area contributed by atoms with E-state index in [0.717, 1.165) is 38.5 Å². The summed E-state index contributed by atoms with van der Waals surface area (Å²) < 4.78 is 11.3. The topological polar surface area (TPSA) is 149 Å². The molecule has 1 rings (SSSR count). The summed E-state index contributed by atoms with van der Waals surface area (Å²) in [7, 11) is 0. The Balaban J connectivity index is 2.04. The number of carbonyl (C=O) groups is 1. The van der Waals surface area contributed by atoms with E-state index in [2.05, 4.69) is 31.3 Å². The number of hydrogen-bond acceptors (Lipinski definition) is 8. The molecule has 1 aliphatic heterocycles. The standard InChI is InChI=1S/C71H137NO8/c1-3-5-7-9-11-13-15-17-19-21-23-24-25-26-27-28-29-30-31-32-33-34-35-36-37-38-39-40-41-42-43-45-47-49-51-53-55-57-59-61-67(75)72-64(63-79-71-70(78)69(77)68(76)66(62-73)80-71)65(74)60-58-56-54-52-50-48-46-44-22-20-18-16-14-12-10-8-6-4-2/h32-33,58,60,64-66,68-71,73-74,76-78H,3-31,34-57,59,61-63H2,1-2H3,(H,72,75)/b33-32-,60-58+. The van der Waals surface area contributed by atoms with Crippen LogP contribution >= 0.6 is 0 Å². The third-order valence-corrected chi connectivity index (χ3v) is 17.3. The van der Waals surface area contributed by atoms with E-state index in [4.69, 9.17) is 9.47 Å². The van der Waals surface area contributed by atoms with E-state index in [1.807, 2.05) is 6.08 Å². The summed E-state index contributed by atoms with van der Waals surface area (Å²) in [6.45, 7) is 3.83. The quantitative estimate of drug-likeness (QED) is 0.0261. The molecule has 0 aromatic rings. The number of aliphatic hydroxyl groups is 5. The lowest BCUT2D eigenvalue weighted by Gasteiger charge is -2.40. The van der Waals surface area contributed by atoms with E-state index in [1.54, 1.807) is 6.08 Å². The highest BCUT2D eigenvalue weighted by molar-refractivity contribution is 5.76. The molecule has 7 unspecified atom stereocenters. The van der Waals surface area contributed by atoms with Gasteiger partial charge in [-0.1, -0.05) is 340 Å². The molecule has 0 aliphatic carbocycles. The van der Waals surface area contributed by atoms with Gasteiger partial charge in [0.15, 0.2) is 6.29 Å². The van der Waals surface area contributed by atoms with Gasteiger partial charge in [0.25, 0.3) is 0 Å². The number of carbonyl (C=O) groups excluding carboxylic acids is 1. The zero-order chi connectivity index (χ0) is 57.9. The van der Waals surface area contributed by atoms with Crippen LogP contribution in [0.15, 0.2) is 24.3 Å². The molecule has 0 aromatic heterocycles. The van der Waals surface area contributed by atoms with Gasteiger partial charge >= 0.3 is 0 Å². The molecule has 6 N–H and O–H groups in total. The summed E-state index contributed by atoms with van der Waals surface area (Å²) in [4.78, 5) is 13.1. The molecule has 9 nitrogen and oxygen atoms in total. The largest absolute Gasteiger partial charge is 0.394 e. The summed E-state index contributed by atoms with van der Waals surface area (Å²) in [5.41, 5.74) is 0. The van der Waals surface area contributed by atoms with Crippen molar-refractivity contribution in [3.05, 3.63) is 24.3 Å². The normalized spacial score (nSPS) is 18.5. The average molecular weight is 1130 g/mol. The van der Waals surface area contributed by atoms with Crippen LogP contribution in [0.1, 0.15) is 367 Å². The molecule has 0 bridgehead atoms. The monoisotopic (exact) mass is 1130 g/mol. The fraction of sp³-hybridized carbons (Fsp3) is 0.930. The van der Waals surface area contributed by atoms with E-state index in [1.165, 1.54) is 308 Å². The van der Waals surface area contributed by atoms with Crippen LogP contribution in [0.4, 0.5) is 0 Å². The minimum atomic E-state index is -1.57. The van der Waals surface area contributed by atoms with Crippen molar-refractivity contribution >= 4 is 5.91 Å². The van der Waals surface area contributed by atoms with Crippen molar-refractivity contribution in [1.29, 1.82) is 0 Å². The molecule has 1 saturated heterocycles. The van der Waals surface area contributed by atoms with Crippen LogP contribution in [0.3, 0.4) is 0 Å². The number of hydrogen-bond donors (Lipinski definition) is 6.